The van der Waals surface area contributed by atoms with Gasteiger partial charge < -0.3 is 4.74 Å². The summed E-state index contributed by atoms with van der Waals surface area (Å²) in [6, 6.07) is 0. The van der Waals surface area contributed by atoms with Gasteiger partial charge in [0.15, 0.2) is 0 Å². The Morgan fingerprint density at radius 2 is 2.15 bits per heavy atom. The number of hydrogen-bond donors (Lipinski definition) is 0. The van der Waals surface area contributed by atoms with Gasteiger partial charge in [-0.1, -0.05) is 0 Å². The molecule has 0 aliphatic rings. The maximum atomic E-state index is 11.3. The molecule has 0 rings (SSSR count). The van der Waals surface area contributed by atoms with Gasteiger partial charge in [-0.05, 0) is 32.6 Å². The van der Waals surface area contributed by atoms with E-state index in [-0.39, 0.29) is 5.97 Å². The van der Waals surface area contributed by atoms with E-state index < -0.39 is 0 Å². The van der Waals surface area contributed by atoms with Crippen molar-refractivity contribution in [3.8, 4) is 0 Å². The molecule has 0 fully saturated rings. The van der Waals surface area contributed by atoms with Crippen LogP contribution in [0.25, 0.3) is 0 Å². The molecule has 0 radical (unpaired) electrons. The van der Waals surface area contributed by atoms with Crippen LogP contribution in [0.5, 0.6) is 0 Å². The third-order valence-electron chi connectivity index (χ3n) is 1.23. The van der Waals surface area contributed by atoms with Crippen molar-refractivity contribution in [3.63, 3.8) is 0 Å². The number of ether oxygens (including phenoxy) is 1. The topological polar surface area (TPSA) is 38.7 Å². The Balaban J connectivity index is 4.54. The van der Waals surface area contributed by atoms with Gasteiger partial charge in [0.05, 0.1) is 12.2 Å². The van der Waals surface area contributed by atoms with Crippen LogP contribution in [0.4, 0.5) is 0 Å². The lowest BCUT2D eigenvalue weighted by atomic mass is 10.2. The summed E-state index contributed by atoms with van der Waals surface area (Å²) in [4.78, 5) is 15.3. The number of allylic oxidation sites excluding steroid dienone is 1. The highest BCUT2D eigenvalue weighted by atomic mass is 32.2. The second-order valence-corrected chi connectivity index (χ2v) is 3.22. The predicted molar refractivity (Wildman–Crippen MR) is 57.0 cm³/mol. The molecule has 3 nitrogen and oxygen atoms in total. The number of aliphatic imine (C=N–C) groups is 1. The van der Waals surface area contributed by atoms with Crippen LogP contribution in [-0.2, 0) is 9.53 Å². The number of rotatable bonds is 4. The standard InChI is InChI=1S/C9H15NO2S/c1-5-12-9(11)8(7(2)3)10-6-13-4/h6H,5H2,1-4H3. The minimum absolute atomic E-state index is 0.354. The molecule has 0 saturated carbocycles. The van der Waals surface area contributed by atoms with E-state index in [0.717, 1.165) is 5.57 Å². The Labute approximate surface area is 83.3 Å². The first-order valence-corrected chi connectivity index (χ1v) is 5.32. The summed E-state index contributed by atoms with van der Waals surface area (Å²) in [5.41, 5.74) is 2.89. The Bertz CT molecular complexity index is 230. The molecule has 0 saturated heterocycles. The third kappa shape index (κ3) is 4.72. The van der Waals surface area contributed by atoms with E-state index in [4.69, 9.17) is 4.74 Å². The lowest BCUT2D eigenvalue weighted by Gasteiger charge is -2.03. The highest BCUT2D eigenvalue weighted by Crippen LogP contribution is 2.07. The predicted octanol–water partition coefficient (Wildman–Crippen LogP) is 2.23. The van der Waals surface area contributed by atoms with Crippen LogP contribution in [0.2, 0.25) is 0 Å². The number of carbonyl (C=O) groups excluding carboxylic acids is 1. The van der Waals surface area contributed by atoms with Crippen molar-refractivity contribution in [2.45, 2.75) is 20.8 Å². The molecule has 0 heterocycles. The highest BCUT2D eigenvalue weighted by Gasteiger charge is 2.09. The van der Waals surface area contributed by atoms with Gasteiger partial charge in [-0.15, -0.1) is 11.8 Å². The average Bonchev–Trinajstić information content (AvgIpc) is 2.05. The monoisotopic (exact) mass is 201 g/mol. The first kappa shape index (κ1) is 12.2. The van der Waals surface area contributed by atoms with Gasteiger partial charge >= 0.3 is 5.97 Å². The zero-order valence-corrected chi connectivity index (χ0v) is 9.27. The maximum Gasteiger partial charge on any atom is 0.356 e. The van der Waals surface area contributed by atoms with Crippen LogP contribution in [0.15, 0.2) is 16.3 Å². The van der Waals surface area contributed by atoms with E-state index in [0.29, 0.717) is 12.3 Å². The quantitative estimate of drug-likeness (QED) is 0.303. The minimum Gasteiger partial charge on any atom is -0.461 e. The SMILES string of the molecule is CCOC(=O)C(N=CSC)=C(C)C. The van der Waals surface area contributed by atoms with Crippen molar-refractivity contribution in [3.05, 3.63) is 11.3 Å². The molecule has 0 aromatic heterocycles. The lowest BCUT2D eigenvalue weighted by Crippen LogP contribution is -2.07. The normalized spacial score (nSPS) is 10.2. The van der Waals surface area contributed by atoms with E-state index in [1.807, 2.05) is 20.1 Å². The fraction of sp³-hybridized carbons (Fsp3) is 0.556. The summed E-state index contributed by atoms with van der Waals surface area (Å²) >= 11 is 1.45. The number of thioether (sulfide) groups is 1. The summed E-state index contributed by atoms with van der Waals surface area (Å²) in [5, 5.41) is 0. The van der Waals surface area contributed by atoms with E-state index in [1.54, 1.807) is 12.5 Å². The molecule has 0 amide bonds. The fourth-order valence-corrected chi connectivity index (χ4v) is 0.902. The molecule has 0 aromatic rings. The van der Waals surface area contributed by atoms with Crippen LogP contribution in [0.1, 0.15) is 20.8 Å². The van der Waals surface area contributed by atoms with Gasteiger partial charge in [0.25, 0.3) is 0 Å². The van der Waals surface area contributed by atoms with Gasteiger partial charge in [0, 0.05) is 0 Å². The highest BCUT2D eigenvalue weighted by molar-refractivity contribution is 8.11. The Morgan fingerprint density at radius 1 is 1.54 bits per heavy atom. The van der Waals surface area contributed by atoms with Crippen molar-refractivity contribution in [1.29, 1.82) is 0 Å². The van der Waals surface area contributed by atoms with Crippen molar-refractivity contribution in [2.24, 2.45) is 4.99 Å². The molecule has 0 aliphatic carbocycles. The third-order valence-corrected chi connectivity index (χ3v) is 1.55. The largest absolute Gasteiger partial charge is 0.461 e. The molecular weight excluding hydrogens is 186 g/mol. The molecule has 0 aromatic carbocycles. The fourth-order valence-electron chi connectivity index (χ4n) is 0.691. The summed E-state index contributed by atoms with van der Waals surface area (Å²) in [5.74, 6) is -0.354. The molecule has 74 valence electrons. The molecule has 13 heavy (non-hydrogen) atoms. The van der Waals surface area contributed by atoms with Crippen LogP contribution in [0.3, 0.4) is 0 Å². The number of carbonyl (C=O) groups is 1. The number of hydrogen-bond acceptors (Lipinski definition) is 4. The van der Waals surface area contributed by atoms with Crippen molar-refractivity contribution in [2.75, 3.05) is 12.9 Å². The average molecular weight is 201 g/mol. The van der Waals surface area contributed by atoms with E-state index in [2.05, 4.69) is 4.99 Å². The molecule has 0 atom stereocenters. The lowest BCUT2D eigenvalue weighted by molar-refractivity contribution is -0.138. The molecule has 0 N–H and O–H groups in total. The molecule has 0 aliphatic heterocycles. The van der Waals surface area contributed by atoms with Crippen LogP contribution >= 0.6 is 11.8 Å². The first-order valence-electron chi connectivity index (χ1n) is 4.03. The summed E-state index contributed by atoms with van der Waals surface area (Å²) in [6.07, 6.45) is 1.89. The molecule has 0 unspecified atom stereocenters. The van der Waals surface area contributed by atoms with Crippen molar-refractivity contribution < 1.29 is 9.53 Å². The molecule has 0 spiro atoms. The summed E-state index contributed by atoms with van der Waals surface area (Å²) in [7, 11) is 0. The van der Waals surface area contributed by atoms with Crippen molar-refractivity contribution >= 4 is 23.3 Å². The van der Waals surface area contributed by atoms with E-state index in [1.165, 1.54) is 11.8 Å². The van der Waals surface area contributed by atoms with Crippen LogP contribution in [-0.4, -0.2) is 24.4 Å². The summed E-state index contributed by atoms with van der Waals surface area (Å²) < 4.78 is 4.84. The van der Waals surface area contributed by atoms with Crippen LogP contribution < -0.4 is 0 Å². The smallest absolute Gasteiger partial charge is 0.356 e. The second kappa shape index (κ2) is 6.71. The Hall–Kier alpha value is -0.770. The van der Waals surface area contributed by atoms with Gasteiger partial charge in [-0.25, -0.2) is 9.79 Å². The molecule has 4 heteroatoms. The second-order valence-electron chi connectivity index (χ2n) is 2.54. The molecular formula is C9H15NO2S. The zero-order chi connectivity index (χ0) is 10.3. The van der Waals surface area contributed by atoms with Crippen LogP contribution in [0, 0.1) is 0 Å². The van der Waals surface area contributed by atoms with E-state index >= 15 is 0 Å². The zero-order valence-electron chi connectivity index (χ0n) is 8.46. The number of nitrogens with zero attached hydrogens (tertiary/aromatic N) is 1. The van der Waals surface area contributed by atoms with Gasteiger partial charge in [0.2, 0.25) is 0 Å². The Kier molecular flexibility index (Phi) is 6.32. The maximum absolute atomic E-state index is 11.3. The van der Waals surface area contributed by atoms with Gasteiger partial charge in [-0.2, -0.15) is 0 Å². The van der Waals surface area contributed by atoms with E-state index in [9.17, 15) is 4.79 Å². The van der Waals surface area contributed by atoms with Gasteiger partial charge in [-0.3, -0.25) is 0 Å². The van der Waals surface area contributed by atoms with Crippen molar-refractivity contribution in [1.82, 2.24) is 0 Å². The minimum atomic E-state index is -0.354. The first-order chi connectivity index (χ1) is 6.13. The Morgan fingerprint density at radius 3 is 2.54 bits per heavy atom. The number of esters is 1. The van der Waals surface area contributed by atoms with Gasteiger partial charge in [0.1, 0.15) is 5.70 Å². The summed E-state index contributed by atoms with van der Waals surface area (Å²) in [6.45, 7) is 5.83. The molecule has 0 bridgehead atoms.